The van der Waals surface area contributed by atoms with Crippen LogP contribution in [0.5, 0.6) is 0 Å². The Labute approximate surface area is 78.4 Å². The lowest BCUT2D eigenvalue weighted by Crippen LogP contribution is -2.43. The summed E-state index contributed by atoms with van der Waals surface area (Å²) >= 11 is 0. The van der Waals surface area contributed by atoms with Gasteiger partial charge in [-0.25, -0.2) is 0 Å². The van der Waals surface area contributed by atoms with E-state index in [9.17, 15) is 5.11 Å². The normalized spacial score (nSPS) is 17.8. The van der Waals surface area contributed by atoms with E-state index in [-0.39, 0.29) is 6.04 Å². The van der Waals surface area contributed by atoms with E-state index in [4.69, 9.17) is 11.5 Å². The zero-order valence-electron chi connectivity index (χ0n) is 7.72. The fourth-order valence-corrected chi connectivity index (χ4v) is 1.16. The van der Waals surface area contributed by atoms with E-state index in [1.807, 2.05) is 30.3 Å². The van der Waals surface area contributed by atoms with Gasteiger partial charge in [0.1, 0.15) is 0 Å². The van der Waals surface area contributed by atoms with Crippen molar-refractivity contribution in [1.82, 2.24) is 0 Å². The molecule has 0 aliphatic rings. The molecule has 0 aliphatic carbocycles. The van der Waals surface area contributed by atoms with E-state index in [1.54, 1.807) is 6.92 Å². The lowest BCUT2D eigenvalue weighted by Gasteiger charge is -2.22. The van der Waals surface area contributed by atoms with Crippen LogP contribution < -0.4 is 11.5 Å². The van der Waals surface area contributed by atoms with Gasteiger partial charge in [0, 0.05) is 12.1 Å². The van der Waals surface area contributed by atoms with Crippen molar-refractivity contribution in [3.63, 3.8) is 0 Å². The zero-order valence-corrected chi connectivity index (χ0v) is 7.72. The molecule has 3 atom stereocenters. The van der Waals surface area contributed by atoms with Crippen LogP contribution in [0.2, 0.25) is 0 Å². The van der Waals surface area contributed by atoms with Gasteiger partial charge in [-0.15, -0.1) is 0 Å². The third-order valence-corrected chi connectivity index (χ3v) is 2.11. The maximum atomic E-state index is 9.75. The molecule has 0 amide bonds. The summed E-state index contributed by atoms with van der Waals surface area (Å²) in [5, 5.41) is 9.75. The maximum absolute atomic E-state index is 9.75. The van der Waals surface area contributed by atoms with Crippen LogP contribution in [0.3, 0.4) is 0 Å². The largest absolute Gasteiger partial charge is 0.387 e. The van der Waals surface area contributed by atoms with Gasteiger partial charge in [-0.3, -0.25) is 0 Å². The van der Waals surface area contributed by atoms with Crippen molar-refractivity contribution in [2.24, 2.45) is 11.5 Å². The highest BCUT2D eigenvalue weighted by Crippen LogP contribution is 2.15. The molecule has 13 heavy (non-hydrogen) atoms. The molecule has 3 heteroatoms. The highest BCUT2D eigenvalue weighted by atomic mass is 16.3. The van der Waals surface area contributed by atoms with E-state index in [0.29, 0.717) is 0 Å². The van der Waals surface area contributed by atoms with Gasteiger partial charge in [0.25, 0.3) is 0 Å². The first-order chi connectivity index (χ1) is 6.13. The van der Waals surface area contributed by atoms with Crippen LogP contribution >= 0.6 is 0 Å². The maximum Gasteiger partial charge on any atom is 0.0955 e. The molecule has 0 heterocycles. The summed E-state index contributed by atoms with van der Waals surface area (Å²) in [6, 6.07) is 8.68. The van der Waals surface area contributed by atoms with Crippen molar-refractivity contribution in [1.29, 1.82) is 0 Å². The Kier molecular flexibility index (Phi) is 3.42. The molecule has 72 valence electrons. The summed E-state index contributed by atoms with van der Waals surface area (Å²) in [6.45, 7) is 1.79. The number of aliphatic hydroxyl groups excluding tert-OH is 1. The Morgan fingerprint density at radius 1 is 1.15 bits per heavy atom. The summed E-state index contributed by atoms with van der Waals surface area (Å²) in [5.74, 6) is 0. The Morgan fingerprint density at radius 2 is 1.69 bits per heavy atom. The standard InChI is InChI=1S/C10H16N2O/c1-7(11)9(12)10(13)8-5-3-2-4-6-8/h2-7,9-10,13H,11-12H2,1H3. The van der Waals surface area contributed by atoms with Crippen molar-refractivity contribution in [3.8, 4) is 0 Å². The molecule has 1 aromatic rings. The van der Waals surface area contributed by atoms with Gasteiger partial charge in [-0.1, -0.05) is 30.3 Å². The van der Waals surface area contributed by atoms with Crippen LogP contribution in [0.4, 0.5) is 0 Å². The minimum atomic E-state index is -0.679. The number of hydrogen-bond acceptors (Lipinski definition) is 3. The second-order valence-corrected chi connectivity index (χ2v) is 3.29. The molecule has 0 radical (unpaired) electrons. The second-order valence-electron chi connectivity index (χ2n) is 3.29. The summed E-state index contributed by atoms with van der Waals surface area (Å²) in [7, 11) is 0. The van der Waals surface area contributed by atoms with E-state index < -0.39 is 12.1 Å². The predicted molar refractivity (Wildman–Crippen MR) is 53.0 cm³/mol. The van der Waals surface area contributed by atoms with Crippen LogP contribution in [0.1, 0.15) is 18.6 Å². The predicted octanol–water partition coefficient (Wildman–Crippen LogP) is 0.395. The molecule has 1 aromatic carbocycles. The third-order valence-electron chi connectivity index (χ3n) is 2.11. The second kappa shape index (κ2) is 4.37. The number of benzene rings is 1. The van der Waals surface area contributed by atoms with Crippen LogP contribution in [-0.4, -0.2) is 17.2 Å². The van der Waals surface area contributed by atoms with Gasteiger partial charge in [-0.2, -0.15) is 0 Å². The van der Waals surface area contributed by atoms with Crippen LogP contribution in [0, 0.1) is 0 Å². The van der Waals surface area contributed by atoms with Crippen molar-refractivity contribution >= 4 is 0 Å². The number of hydrogen-bond donors (Lipinski definition) is 3. The minimum Gasteiger partial charge on any atom is -0.387 e. The Balaban J connectivity index is 2.73. The Morgan fingerprint density at radius 3 is 2.15 bits per heavy atom. The summed E-state index contributed by atoms with van der Waals surface area (Å²) in [4.78, 5) is 0. The monoisotopic (exact) mass is 180 g/mol. The topological polar surface area (TPSA) is 72.3 Å². The lowest BCUT2D eigenvalue weighted by atomic mass is 9.99. The molecular weight excluding hydrogens is 164 g/mol. The van der Waals surface area contributed by atoms with Crippen molar-refractivity contribution in [3.05, 3.63) is 35.9 Å². The van der Waals surface area contributed by atoms with Crippen molar-refractivity contribution < 1.29 is 5.11 Å². The van der Waals surface area contributed by atoms with Crippen LogP contribution in [-0.2, 0) is 0 Å². The quantitative estimate of drug-likeness (QED) is 0.630. The number of rotatable bonds is 3. The summed E-state index contributed by atoms with van der Waals surface area (Å²) in [5.41, 5.74) is 12.1. The molecule has 0 aromatic heterocycles. The minimum absolute atomic E-state index is 0.213. The van der Waals surface area contributed by atoms with Gasteiger partial charge in [0.2, 0.25) is 0 Å². The molecule has 0 saturated heterocycles. The van der Waals surface area contributed by atoms with Crippen molar-refractivity contribution in [2.45, 2.75) is 25.1 Å². The smallest absolute Gasteiger partial charge is 0.0955 e. The van der Waals surface area contributed by atoms with E-state index in [1.165, 1.54) is 0 Å². The average molecular weight is 180 g/mol. The van der Waals surface area contributed by atoms with Gasteiger partial charge in [0.15, 0.2) is 0 Å². The van der Waals surface area contributed by atoms with E-state index in [2.05, 4.69) is 0 Å². The first kappa shape index (κ1) is 10.2. The van der Waals surface area contributed by atoms with Gasteiger partial charge in [-0.05, 0) is 12.5 Å². The fraction of sp³-hybridized carbons (Fsp3) is 0.400. The average Bonchev–Trinajstić information content (AvgIpc) is 2.17. The zero-order chi connectivity index (χ0) is 9.84. The van der Waals surface area contributed by atoms with Gasteiger partial charge < -0.3 is 16.6 Å². The molecule has 3 nitrogen and oxygen atoms in total. The number of nitrogens with two attached hydrogens (primary N) is 2. The lowest BCUT2D eigenvalue weighted by molar-refractivity contribution is 0.137. The highest BCUT2D eigenvalue weighted by molar-refractivity contribution is 5.19. The Bertz CT molecular complexity index is 248. The number of aliphatic hydroxyl groups is 1. The SMILES string of the molecule is CC(N)C(N)C(O)c1ccccc1. The van der Waals surface area contributed by atoms with Crippen LogP contribution in [0.25, 0.3) is 0 Å². The van der Waals surface area contributed by atoms with E-state index in [0.717, 1.165) is 5.56 Å². The van der Waals surface area contributed by atoms with Crippen LogP contribution in [0.15, 0.2) is 30.3 Å². The van der Waals surface area contributed by atoms with Gasteiger partial charge >= 0.3 is 0 Å². The molecule has 1 rings (SSSR count). The summed E-state index contributed by atoms with van der Waals surface area (Å²) in [6.07, 6.45) is -0.679. The molecule has 5 N–H and O–H groups in total. The first-order valence-electron chi connectivity index (χ1n) is 4.37. The van der Waals surface area contributed by atoms with Gasteiger partial charge in [0.05, 0.1) is 6.10 Å². The summed E-state index contributed by atoms with van der Waals surface area (Å²) < 4.78 is 0. The van der Waals surface area contributed by atoms with Crippen molar-refractivity contribution in [2.75, 3.05) is 0 Å². The van der Waals surface area contributed by atoms with E-state index >= 15 is 0 Å². The molecule has 0 spiro atoms. The molecule has 0 fully saturated rings. The molecule has 0 bridgehead atoms. The molecular formula is C10H16N2O. The fourth-order valence-electron chi connectivity index (χ4n) is 1.16. The molecule has 0 saturated carbocycles. The first-order valence-corrected chi connectivity index (χ1v) is 4.37. The molecule has 3 unspecified atom stereocenters. The highest BCUT2D eigenvalue weighted by Gasteiger charge is 2.19. The Hall–Kier alpha value is -0.900. The third kappa shape index (κ3) is 2.52. The molecule has 0 aliphatic heterocycles.